The van der Waals surface area contributed by atoms with Crippen LogP contribution in [0, 0.1) is 0 Å². The smallest absolute Gasteiger partial charge is 0.240 e. The highest BCUT2D eigenvalue weighted by Gasteiger charge is 2.27. The lowest BCUT2D eigenvalue weighted by Gasteiger charge is -2.27. The molecule has 22 heavy (non-hydrogen) atoms. The topological polar surface area (TPSA) is 65.5 Å². The van der Waals surface area contributed by atoms with Gasteiger partial charge in [0.25, 0.3) is 0 Å². The number of nitrogens with zero attached hydrogens (tertiary/aromatic N) is 3. The number of nitrogens with one attached hydrogen (secondary N) is 1. The van der Waals surface area contributed by atoms with Crippen molar-refractivity contribution in [3.8, 4) is 0 Å². The summed E-state index contributed by atoms with van der Waals surface area (Å²) in [5.41, 5.74) is 0.735. The first-order valence-electron chi connectivity index (χ1n) is 7.61. The highest BCUT2D eigenvalue weighted by molar-refractivity contribution is 8.00. The molecule has 0 atom stereocenters. The van der Waals surface area contributed by atoms with Gasteiger partial charge in [-0.3, -0.25) is 14.5 Å². The Bertz CT molecular complexity index is 560. The van der Waals surface area contributed by atoms with E-state index in [1.807, 2.05) is 6.07 Å². The second-order valence-electron chi connectivity index (χ2n) is 5.49. The predicted octanol–water partition coefficient (Wildman–Crippen LogP) is 0.732. The lowest BCUT2D eigenvalue weighted by atomic mass is 10.3. The van der Waals surface area contributed by atoms with Crippen LogP contribution in [0.2, 0.25) is 0 Å². The average Bonchev–Trinajstić information content (AvgIpc) is 3.03. The predicted molar refractivity (Wildman–Crippen MR) is 86.0 cm³/mol. The lowest BCUT2D eigenvalue weighted by Crippen LogP contribution is -2.44. The summed E-state index contributed by atoms with van der Waals surface area (Å²) >= 11 is 1.42. The quantitative estimate of drug-likeness (QED) is 0.866. The number of carbonyl (C=O) groups is 2. The number of amides is 2. The summed E-state index contributed by atoms with van der Waals surface area (Å²) in [5, 5.41) is 3.72. The van der Waals surface area contributed by atoms with E-state index in [0.29, 0.717) is 12.3 Å². The summed E-state index contributed by atoms with van der Waals surface area (Å²) in [4.78, 5) is 32.3. The molecule has 118 valence electrons. The number of rotatable bonds is 5. The van der Waals surface area contributed by atoms with Crippen molar-refractivity contribution >= 4 is 29.3 Å². The van der Waals surface area contributed by atoms with Crippen LogP contribution in [0.15, 0.2) is 23.4 Å². The van der Waals surface area contributed by atoms with Crippen LogP contribution in [0.4, 0.5) is 5.69 Å². The summed E-state index contributed by atoms with van der Waals surface area (Å²) in [6.45, 7) is 3.83. The normalized spacial score (nSPS) is 18.4. The molecule has 1 aromatic heterocycles. The Labute approximate surface area is 134 Å². The van der Waals surface area contributed by atoms with Crippen molar-refractivity contribution in [2.45, 2.75) is 17.9 Å². The van der Waals surface area contributed by atoms with Crippen molar-refractivity contribution in [3.05, 3.63) is 18.3 Å². The first kappa shape index (κ1) is 15.3. The van der Waals surface area contributed by atoms with Gasteiger partial charge in [-0.05, 0) is 38.1 Å². The molecule has 1 aromatic rings. The minimum Gasteiger partial charge on any atom is -0.353 e. The van der Waals surface area contributed by atoms with E-state index in [0.717, 1.165) is 30.3 Å². The van der Waals surface area contributed by atoms with Crippen LogP contribution in [0.25, 0.3) is 0 Å². The van der Waals surface area contributed by atoms with Crippen molar-refractivity contribution in [2.24, 2.45) is 0 Å². The Kier molecular flexibility index (Phi) is 4.94. The van der Waals surface area contributed by atoms with Crippen molar-refractivity contribution < 1.29 is 9.59 Å². The molecule has 1 fully saturated rings. The van der Waals surface area contributed by atoms with E-state index in [4.69, 9.17) is 0 Å². The van der Waals surface area contributed by atoms with Crippen LogP contribution >= 0.6 is 11.8 Å². The van der Waals surface area contributed by atoms with Gasteiger partial charge in [0.2, 0.25) is 11.8 Å². The van der Waals surface area contributed by atoms with E-state index >= 15 is 0 Å². The van der Waals surface area contributed by atoms with Crippen LogP contribution < -0.4 is 10.2 Å². The Morgan fingerprint density at radius 1 is 1.36 bits per heavy atom. The number of hydrogen-bond donors (Lipinski definition) is 1. The number of likely N-dealkylation sites (tertiary alicyclic amines) is 1. The summed E-state index contributed by atoms with van der Waals surface area (Å²) < 4.78 is 0. The average molecular weight is 320 g/mol. The molecule has 0 aliphatic carbocycles. The number of thioether (sulfide) groups is 1. The van der Waals surface area contributed by atoms with Crippen LogP contribution in [0.5, 0.6) is 0 Å². The van der Waals surface area contributed by atoms with Gasteiger partial charge in [-0.15, -0.1) is 0 Å². The molecule has 0 unspecified atom stereocenters. The van der Waals surface area contributed by atoms with Gasteiger partial charge in [-0.1, -0.05) is 11.8 Å². The fraction of sp³-hybridized carbons (Fsp3) is 0.533. The fourth-order valence-corrected chi connectivity index (χ4v) is 3.65. The molecular weight excluding hydrogens is 300 g/mol. The van der Waals surface area contributed by atoms with Crippen LogP contribution in [0.1, 0.15) is 12.8 Å². The second-order valence-corrected chi connectivity index (χ2v) is 6.46. The van der Waals surface area contributed by atoms with Gasteiger partial charge < -0.3 is 10.2 Å². The van der Waals surface area contributed by atoms with Crippen molar-refractivity contribution in [2.75, 3.05) is 43.4 Å². The maximum atomic E-state index is 12.1. The molecule has 0 spiro atoms. The van der Waals surface area contributed by atoms with E-state index in [1.165, 1.54) is 29.5 Å². The molecule has 2 amide bonds. The van der Waals surface area contributed by atoms with E-state index in [-0.39, 0.29) is 18.4 Å². The molecular formula is C15H20N4O2S. The third-order valence-corrected chi connectivity index (χ3v) is 4.91. The molecule has 3 rings (SSSR count). The third-order valence-electron chi connectivity index (χ3n) is 3.93. The maximum Gasteiger partial charge on any atom is 0.240 e. The molecule has 1 N–H and O–H groups in total. The molecule has 0 bridgehead atoms. The monoisotopic (exact) mass is 320 g/mol. The van der Waals surface area contributed by atoms with Gasteiger partial charge >= 0.3 is 0 Å². The van der Waals surface area contributed by atoms with Gasteiger partial charge in [0.05, 0.1) is 11.4 Å². The van der Waals surface area contributed by atoms with Crippen LogP contribution in [-0.4, -0.2) is 60.2 Å². The van der Waals surface area contributed by atoms with Gasteiger partial charge in [-0.2, -0.15) is 0 Å². The summed E-state index contributed by atoms with van der Waals surface area (Å²) in [6, 6.07) is 3.63. The lowest BCUT2D eigenvalue weighted by molar-refractivity contribution is -0.123. The summed E-state index contributed by atoms with van der Waals surface area (Å²) in [5.74, 6) is 0.180. The van der Waals surface area contributed by atoms with E-state index in [1.54, 1.807) is 12.3 Å². The summed E-state index contributed by atoms with van der Waals surface area (Å²) in [6.07, 6.45) is 4.20. The minimum atomic E-state index is -0.116. The van der Waals surface area contributed by atoms with E-state index in [2.05, 4.69) is 15.2 Å². The first-order chi connectivity index (χ1) is 10.7. The molecule has 2 aliphatic heterocycles. The summed E-state index contributed by atoms with van der Waals surface area (Å²) in [7, 11) is 0. The number of fused-ring (bicyclic) bond motifs is 1. The Hall–Kier alpha value is -1.60. The molecule has 0 aromatic carbocycles. The van der Waals surface area contributed by atoms with E-state index < -0.39 is 0 Å². The zero-order valence-corrected chi connectivity index (χ0v) is 13.3. The Balaban J connectivity index is 1.53. The zero-order valence-electron chi connectivity index (χ0n) is 12.5. The number of hydrogen-bond acceptors (Lipinski definition) is 5. The molecule has 0 radical (unpaired) electrons. The Morgan fingerprint density at radius 2 is 2.18 bits per heavy atom. The molecule has 3 heterocycles. The zero-order chi connectivity index (χ0) is 15.4. The molecule has 6 nitrogen and oxygen atoms in total. The number of anilines is 1. The fourth-order valence-electron chi connectivity index (χ4n) is 2.77. The first-order valence-corrected chi connectivity index (χ1v) is 8.60. The number of pyridine rings is 1. The Morgan fingerprint density at radius 3 is 3.00 bits per heavy atom. The van der Waals surface area contributed by atoms with Gasteiger partial charge in [-0.25, -0.2) is 4.98 Å². The maximum absolute atomic E-state index is 12.1. The van der Waals surface area contributed by atoms with Crippen molar-refractivity contribution in [1.82, 2.24) is 15.2 Å². The second kappa shape index (κ2) is 7.11. The molecule has 1 saturated heterocycles. The van der Waals surface area contributed by atoms with Crippen molar-refractivity contribution in [3.63, 3.8) is 0 Å². The SMILES string of the molecule is O=C(CN1C(=O)CSc2ncccc21)NCCN1CCCC1. The van der Waals surface area contributed by atoms with Gasteiger partial charge in [0, 0.05) is 19.3 Å². The van der Waals surface area contributed by atoms with Crippen molar-refractivity contribution in [1.29, 1.82) is 0 Å². The molecule has 0 saturated carbocycles. The van der Waals surface area contributed by atoms with Gasteiger partial charge in [0.15, 0.2) is 0 Å². The van der Waals surface area contributed by atoms with E-state index in [9.17, 15) is 9.59 Å². The van der Waals surface area contributed by atoms with Crippen LogP contribution in [0.3, 0.4) is 0 Å². The van der Waals surface area contributed by atoms with Gasteiger partial charge in [0.1, 0.15) is 11.6 Å². The molecule has 2 aliphatic rings. The highest BCUT2D eigenvalue weighted by Crippen LogP contribution is 2.32. The standard InChI is InChI=1S/C15H20N4O2S/c20-13(16-6-9-18-7-1-2-8-18)10-19-12-4-3-5-17-15(12)22-11-14(19)21/h3-5H,1-2,6-11H2,(H,16,20). The van der Waals surface area contributed by atoms with Crippen LogP contribution in [-0.2, 0) is 9.59 Å². The third kappa shape index (κ3) is 3.59. The minimum absolute atomic E-state index is 0.0415. The number of aromatic nitrogens is 1. The molecule has 7 heteroatoms. The highest BCUT2D eigenvalue weighted by atomic mass is 32.2. The largest absolute Gasteiger partial charge is 0.353 e. The number of carbonyl (C=O) groups excluding carboxylic acids is 2.